The van der Waals surface area contributed by atoms with Gasteiger partial charge in [-0.15, -0.1) is 0 Å². The number of methoxy groups -OCH3 is 1. The van der Waals surface area contributed by atoms with E-state index in [0.717, 1.165) is 27.8 Å². The van der Waals surface area contributed by atoms with E-state index in [-0.39, 0.29) is 30.8 Å². The molecule has 0 bridgehead atoms. The van der Waals surface area contributed by atoms with Crippen LogP contribution in [-0.2, 0) is 15.1 Å². The number of H-pyrrole nitrogens is 1. The Morgan fingerprint density at radius 3 is 2.51 bits per heavy atom. The maximum Gasteiger partial charge on any atom is 0.255 e. The Labute approximate surface area is 215 Å². The van der Waals surface area contributed by atoms with Crippen molar-refractivity contribution >= 4 is 22.7 Å². The molecule has 37 heavy (non-hydrogen) atoms. The van der Waals surface area contributed by atoms with Gasteiger partial charge in [0, 0.05) is 28.9 Å². The van der Waals surface area contributed by atoms with Gasteiger partial charge < -0.3 is 24.6 Å². The molecule has 0 aliphatic carbocycles. The first-order valence-electron chi connectivity index (χ1n) is 12.5. The Bertz CT molecular complexity index is 1500. The Hall–Kier alpha value is -4.10. The summed E-state index contributed by atoms with van der Waals surface area (Å²) in [6.07, 6.45) is -0.889. The number of fused-ring (bicyclic) bond motifs is 5. The molecule has 2 amide bonds. The van der Waals surface area contributed by atoms with Gasteiger partial charge in [0.05, 0.1) is 32.0 Å². The number of rotatable bonds is 5. The molecule has 1 saturated heterocycles. The maximum atomic E-state index is 14.2. The normalized spacial score (nSPS) is 22.1. The first-order chi connectivity index (χ1) is 17.9. The number of carbonyl (C=O) groups excluding carboxylic acids is 2. The Morgan fingerprint density at radius 1 is 1.03 bits per heavy atom. The summed E-state index contributed by atoms with van der Waals surface area (Å²) in [6, 6.07) is 25.1. The molecule has 3 aromatic carbocycles. The zero-order valence-electron chi connectivity index (χ0n) is 20.8. The number of hydrogen-bond acceptors (Lipinski definition) is 4. The molecule has 1 aromatic heterocycles. The quantitative estimate of drug-likeness (QED) is 0.439. The predicted molar refractivity (Wildman–Crippen MR) is 140 cm³/mol. The second kappa shape index (κ2) is 8.78. The van der Waals surface area contributed by atoms with E-state index in [4.69, 9.17) is 4.74 Å². The van der Waals surface area contributed by atoms with Gasteiger partial charge >= 0.3 is 0 Å². The molecule has 1 fully saturated rings. The summed E-state index contributed by atoms with van der Waals surface area (Å²) in [5.41, 5.74) is 3.09. The number of nitrogens with one attached hydrogen (secondary N) is 1. The van der Waals surface area contributed by atoms with E-state index in [1.165, 1.54) is 4.90 Å². The number of aliphatic hydroxyl groups is 1. The Morgan fingerprint density at radius 2 is 1.73 bits per heavy atom. The molecule has 7 heteroatoms. The molecule has 0 spiro atoms. The largest absolute Gasteiger partial charge is 0.496 e. The van der Waals surface area contributed by atoms with Gasteiger partial charge in [-0.1, -0.05) is 66.7 Å². The number of β-amino-alcohol motifs (C(OH)–C–C–N with tert-alkyl or cyclic N) is 1. The number of carbonyl (C=O) groups is 2. The summed E-state index contributed by atoms with van der Waals surface area (Å²) < 4.78 is 5.70. The fraction of sp³-hybridized carbons (Fsp3) is 0.267. The van der Waals surface area contributed by atoms with Gasteiger partial charge in [-0.3, -0.25) is 9.59 Å². The van der Waals surface area contributed by atoms with Crippen LogP contribution >= 0.6 is 0 Å². The Balaban J connectivity index is 1.48. The van der Waals surface area contributed by atoms with E-state index < -0.39 is 11.6 Å². The number of para-hydroxylation sites is 2. The van der Waals surface area contributed by atoms with Crippen molar-refractivity contribution in [2.45, 2.75) is 24.5 Å². The van der Waals surface area contributed by atoms with E-state index >= 15 is 0 Å². The lowest BCUT2D eigenvalue weighted by atomic mass is 9.76. The molecule has 2 unspecified atom stereocenters. The minimum atomic E-state index is -1.22. The third-order valence-corrected chi connectivity index (χ3v) is 7.91. The van der Waals surface area contributed by atoms with Crippen molar-refractivity contribution in [2.24, 2.45) is 0 Å². The van der Waals surface area contributed by atoms with Crippen molar-refractivity contribution in [2.75, 3.05) is 26.7 Å². The van der Waals surface area contributed by atoms with Crippen LogP contribution in [0.4, 0.5) is 0 Å². The fourth-order valence-electron chi connectivity index (χ4n) is 6.05. The van der Waals surface area contributed by atoms with Gasteiger partial charge in [0.2, 0.25) is 5.91 Å². The third kappa shape index (κ3) is 3.53. The minimum Gasteiger partial charge on any atom is -0.496 e. The molecule has 4 aromatic rings. The van der Waals surface area contributed by atoms with Gasteiger partial charge in [-0.05, 0) is 30.2 Å². The monoisotopic (exact) mass is 495 g/mol. The topological polar surface area (TPSA) is 85.9 Å². The standard InChI is InChI=1S/C30H29N3O4/c1-30-28-27(21-13-6-8-14-23(21)31-28)22(20-12-7-9-15-25(20)37-2)16-33(30)26(35)18-32(29(30)36)17-24(34)19-10-4-3-5-11-19/h3-15,22,24,31,34H,16-18H2,1-2H3/t22?,24?,30-/m0/s1. The molecule has 6 rings (SSSR count). The summed E-state index contributed by atoms with van der Waals surface area (Å²) in [4.78, 5) is 34.5. The van der Waals surface area contributed by atoms with Crippen LogP contribution in [0.2, 0.25) is 0 Å². The number of aromatic amines is 1. The van der Waals surface area contributed by atoms with Crippen molar-refractivity contribution in [3.63, 3.8) is 0 Å². The van der Waals surface area contributed by atoms with Crippen LogP contribution in [0, 0.1) is 0 Å². The molecule has 0 radical (unpaired) electrons. The highest BCUT2D eigenvalue weighted by atomic mass is 16.5. The number of ether oxygens (including phenoxy) is 1. The summed E-state index contributed by atoms with van der Waals surface area (Å²) in [7, 11) is 1.65. The van der Waals surface area contributed by atoms with Gasteiger partial charge in [0.1, 0.15) is 5.75 Å². The molecular weight excluding hydrogens is 466 g/mol. The molecule has 0 saturated carbocycles. The van der Waals surface area contributed by atoms with Crippen LogP contribution in [-0.4, -0.2) is 58.4 Å². The lowest BCUT2D eigenvalue weighted by molar-refractivity contribution is -0.167. The van der Waals surface area contributed by atoms with Crippen LogP contribution in [0.3, 0.4) is 0 Å². The van der Waals surface area contributed by atoms with E-state index in [0.29, 0.717) is 17.8 Å². The number of piperazine rings is 1. The molecule has 2 aliphatic heterocycles. The van der Waals surface area contributed by atoms with Crippen LogP contribution in [0.1, 0.15) is 41.3 Å². The van der Waals surface area contributed by atoms with Crippen molar-refractivity contribution in [1.82, 2.24) is 14.8 Å². The van der Waals surface area contributed by atoms with Crippen molar-refractivity contribution < 1.29 is 19.4 Å². The van der Waals surface area contributed by atoms with E-state index in [9.17, 15) is 14.7 Å². The highest BCUT2D eigenvalue weighted by Crippen LogP contribution is 2.49. The summed E-state index contributed by atoms with van der Waals surface area (Å²) >= 11 is 0. The van der Waals surface area contributed by atoms with E-state index in [2.05, 4.69) is 11.1 Å². The van der Waals surface area contributed by atoms with Crippen molar-refractivity contribution in [3.05, 3.63) is 101 Å². The maximum absolute atomic E-state index is 14.2. The van der Waals surface area contributed by atoms with Crippen LogP contribution in [0.15, 0.2) is 78.9 Å². The second-order valence-electron chi connectivity index (χ2n) is 9.94. The number of aliphatic hydroxyl groups excluding tert-OH is 1. The zero-order valence-corrected chi connectivity index (χ0v) is 20.8. The number of nitrogens with zero attached hydrogens (tertiary/aromatic N) is 2. The predicted octanol–water partition coefficient (Wildman–Crippen LogP) is 3.94. The molecule has 7 nitrogen and oxygen atoms in total. The molecule has 2 N–H and O–H groups in total. The Kier molecular flexibility index (Phi) is 5.53. The van der Waals surface area contributed by atoms with Gasteiger partial charge in [-0.25, -0.2) is 0 Å². The molecular formula is C30H29N3O4. The minimum absolute atomic E-state index is 0.0452. The molecule has 188 valence electrons. The first-order valence-corrected chi connectivity index (χ1v) is 12.5. The average Bonchev–Trinajstić information content (AvgIpc) is 3.33. The summed E-state index contributed by atoms with van der Waals surface area (Å²) in [5.74, 6) is 0.226. The molecule has 2 aliphatic rings. The summed E-state index contributed by atoms with van der Waals surface area (Å²) in [6.45, 7) is 2.14. The highest BCUT2D eigenvalue weighted by Gasteiger charge is 2.56. The van der Waals surface area contributed by atoms with Crippen molar-refractivity contribution in [1.29, 1.82) is 0 Å². The molecule has 3 heterocycles. The number of hydrogen-bond donors (Lipinski definition) is 2. The van der Waals surface area contributed by atoms with Gasteiger partial charge in [-0.2, -0.15) is 0 Å². The van der Waals surface area contributed by atoms with E-state index in [1.54, 1.807) is 12.0 Å². The SMILES string of the molecule is COc1ccccc1C1CN2C(=O)CN(CC(O)c3ccccc3)C(=O)[C@]2(C)c2[nH]c3ccccc3c21. The fourth-order valence-corrected chi connectivity index (χ4v) is 6.05. The lowest BCUT2D eigenvalue weighted by Gasteiger charge is -2.51. The molecule has 3 atom stereocenters. The first kappa shape index (κ1) is 23.3. The second-order valence-corrected chi connectivity index (χ2v) is 9.94. The number of amides is 2. The van der Waals surface area contributed by atoms with Gasteiger partial charge in [0.15, 0.2) is 5.54 Å². The zero-order chi connectivity index (χ0) is 25.7. The smallest absolute Gasteiger partial charge is 0.255 e. The lowest BCUT2D eigenvalue weighted by Crippen LogP contribution is -2.67. The number of aromatic nitrogens is 1. The number of benzene rings is 3. The van der Waals surface area contributed by atoms with Crippen LogP contribution in [0.25, 0.3) is 10.9 Å². The van der Waals surface area contributed by atoms with Crippen LogP contribution < -0.4 is 4.74 Å². The third-order valence-electron chi connectivity index (χ3n) is 7.91. The summed E-state index contributed by atoms with van der Waals surface area (Å²) in [5, 5.41) is 11.9. The van der Waals surface area contributed by atoms with Crippen LogP contribution in [0.5, 0.6) is 5.75 Å². The van der Waals surface area contributed by atoms with Crippen molar-refractivity contribution in [3.8, 4) is 5.75 Å². The van der Waals surface area contributed by atoms with Gasteiger partial charge in [0.25, 0.3) is 5.91 Å². The average molecular weight is 496 g/mol. The van der Waals surface area contributed by atoms with E-state index in [1.807, 2.05) is 79.7 Å². The highest BCUT2D eigenvalue weighted by molar-refractivity contribution is 6.01.